The molecule has 0 bridgehead atoms. The van der Waals surface area contributed by atoms with E-state index in [0.29, 0.717) is 12.1 Å². The largest absolute Gasteiger partial charge is 0.329 e. The molecule has 100 valence electrons. The smallest absolute Gasteiger partial charge is 0.0345 e. The number of aromatic nitrogens is 1. The van der Waals surface area contributed by atoms with Gasteiger partial charge in [-0.25, -0.2) is 0 Å². The van der Waals surface area contributed by atoms with Crippen LogP contribution in [0.2, 0.25) is 0 Å². The summed E-state index contributed by atoms with van der Waals surface area (Å²) < 4.78 is 0. The van der Waals surface area contributed by atoms with Gasteiger partial charge in [0.15, 0.2) is 0 Å². The molecule has 1 aromatic heterocycles. The molecule has 2 unspecified atom stereocenters. The van der Waals surface area contributed by atoms with Gasteiger partial charge in [-0.05, 0) is 38.1 Å². The molecule has 1 aliphatic heterocycles. The van der Waals surface area contributed by atoms with Crippen molar-refractivity contribution >= 4 is 0 Å². The van der Waals surface area contributed by atoms with Gasteiger partial charge in [-0.15, -0.1) is 0 Å². The molecule has 0 aromatic carbocycles. The molecule has 1 aliphatic rings. The molecule has 0 amide bonds. The third kappa shape index (κ3) is 3.28. The van der Waals surface area contributed by atoms with E-state index in [0.717, 1.165) is 26.2 Å². The lowest BCUT2D eigenvalue weighted by Crippen LogP contribution is -2.46. The predicted octanol–water partition coefficient (Wildman–Crippen LogP) is 0.935. The van der Waals surface area contributed by atoms with Crippen LogP contribution in [0.25, 0.3) is 0 Å². The molecule has 2 rings (SSSR count). The Bertz CT molecular complexity index is 354. The predicted molar refractivity (Wildman–Crippen MR) is 74.2 cm³/mol. The van der Waals surface area contributed by atoms with Crippen LogP contribution in [0.3, 0.4) is 0 Å². The van der Waals surface area contributed by atoms with Crippen molar-refractivity contribution < 1.29 is 0 Å². The van der Waals surface area contributed by atoms with E-state index in [1.54, 1.807) is 0 Å². The van der Waals surface area contributed by atoms with E-state index in [1.165, 1.54) is 12.0 Å². The van der Waals surface area contributed by atoms with Crippen LogP contribution in [-0.2, 0) is 6.54 Å². The fourth-order valence-corrected chi connectivity index (χ4v) is 2.58. The Hall–Kier alpha value is -0.970. The summed E-state index contributed by atoms with van der Waals surface area (Å²) in [6, 6.07) is 5.26. The summed E-state index contributed by atoms with van der Waals surface area (Å²) in [6.45, 7) is 6.22. The zero-order valence-corrected chi connectivity index (χ0v) is 11.4. The van der Waals surface area contributed by atoms with Crippen molar-refractivity contribution in [1.29, 1.82) is 0 Å². The summed E-state index contributed by atoms with van der Waals surface area (Å²) >= 11 is 0. The van der Waals surface area contributed by atoms with Crippen LogP contribution in [0, 0.1) is 0 Å². The van der Waals surface area contributed by atoms with Crippen molar-refractivity contribution in [2.24, 2.45) is 5.73 Å². The maximum atomic E-state index is 5.90. The molecule has 0 aliphatic carbocycles. The number of hydrogen-bond acceptors (Lipinski definition) is 4. The first-order valence-electron chi connectivity index (χ1n) is 6.74. The molecule has 2 heterocycles. The van der Waals surface area contributed by atoms with Crippen molar-refractivity contribution in [3.8, 4) is 0 Å². The second kappa shape index (κ2) is 6.27. The molecule has 2 atom stereocenters. The number of nitrogens with two attached hydrogens (primary N) is 1. The second-order valence-corrected chi connectivity index (χ2v) is 5.28. The van der Waals surface area contributed by atoms with Gasteiger partial charge in [0.25, 0.3) is 0 Å². The van der Waals surface area contributed by atoms with Gasteiger partial charge in [-0.3, -0.25) is 14.8 Å². The molecule has 0 spiro atoms. The lowest BCUT2D eigenvalue weighted by Gasteiger charge is -2.30. The Kier molecular flexibility index (Phi) is 4.69. The first kappa shape index (κ1) is 13.5. The zero-order valence-electron chi connectivity index (χ0n) is 11.4. The molecule has 1 aromatic rings. The van der Waals surface area contributed by atoms with Crippen LogP contribution in [-0.4, -0.2) is 53.5 Å². The average Bonchev–Trinajstić information content (AvgIpc) is 2.53. The third-order valence-electron chi connectivity index (χ3n) is 4.03. The molecule has 0 radical (unpaired) electrons. The summed E-state index contributed by atoms with van der Waals surface area (Å²) in [7, 11) is 2.19. The maximum absolute atomic E-state index is 5.90. The van der Waals surface area contributed by atoms with Crippen LogP contribution in [0.15, 0.2) is 24.5 Å². The van der Waals surface area contributed by atoms with Gasteiger partial charge in [0.05, 0.1) is 0 Å². The normalized spacial score (nSPS) is 27.1. The minimum atomic E-state index is 0.462. The molecule has 1 fully saturated rings. The van der Waals surface area contributed by atoms with Gasteiger partial charge in [-0.1, -0.05) is 0 Å². The maximum Gasteiger partial charge on any atom is 0.0345 e. The van der Waals surface area contributed by atoms with Gasteiger partial charge in [0.1, 0.15) is 0 Å². The molecular formula is C14H24N4. The van der Waals surface area contributed by atoms with Gasteiger partial charge < -0.3 is 5.73 Å². The van der Waals surface area contributed by atoms with Crippen molar-refractivity contribution in [2.45, 2.75) is 32.0 Å². The fourth-order valence-electron chi connectivity index (χ4n) is 2.58. The molecule has 4 heteroatoms. The summed E-state index contributed by atoms with van der Waals surface area (Å²) in [5.74, 6) is 0. The minimum absolute atomic E-state index is 0.462. The topological polar surface area (TPSA) is 45.4 Å². The number of rotatable bonds is 3. The van der Waals surface area contributed by atoms with Crippen LogP contribution in [0.1, 0.15) is 18.9 Å². The highest BCUT2D eigenvalue weighted by molar-refractivity contribution is 5.09. The summed E-state index contributed by atoms with van der Waals surface area (Å²) in [4.78, 5) is 9.00. The second-order valence-electron chi connectivity index (χ2n) is 5.28. The molecular weight excluding hydrogens is 224 g/mol. The van der Waals surface area contributed by atoms with Crippen molar-refractivity contribution in [2.75, 3.05) is 26.7 Å². The van der Waals surface area contributed by atoms with Crippen molar-refractivity contribution in [3.05, 3.63) is 30.1 Å². The van der Waals surface area contributed by atoms with E-state index in [1.807, 2.05) is 12.4 Å². The average molecular weight is 248 g/mol. The Morgan fingerprint density at radius 1 is 1.39 bits per heavy atom. The van der Waals surface area contributed by atoms with Gasteiger partial charge in [-0.2, -0.15) is 0 Å². The molecule has 4 nitrogen and oxygen atoms in total. The number of pyridine rings is 1. The Morgan fingerprint density at radius 2 is 2.11 bits per heavy atom. The Labute approximate surface area is 110 Å². The third-order valence-corrected chi connectivity index (χ3v) is 4.03. The highest BCUT2D eigenvalue weighted by Gasteiger charge is 2.25. The van der Waals surface area contributed by atoms with Gasteiger partial charge in [0, 0.05) is 50.7 Å². The molecule has 0 saturated carbocycles. The summed E-state index contributed by atoms with van der Waals surface area (Å²) in [5.41, 5.74) is 7.23. The lowest BCUT2D eigenvalue weighted by atomic mass is 10.2. The van der Waals surface area contributed by atoms with E-state index in [9.17, 15) is 0 Å². The van der Waals surface area contributed by atoms with Crippen LogP contribution in [0.5, 0.6) is 0 Å². The van der Waals surface area contributed by atoms with Crippen molar-refractivity contribution in [3.63, 3.8) is 0 Å². The molecule has 18 heavy (non-hydrogen) atoms. The Balaban J connectivity index is 2.01. The first-order valence-corrected chi connectivity index (χ1v) is 6.74. The van der Waals surface area contributed by atoms with Gasteiger partial charge in [0.2, 0.25) is 0 Å². The quantitative estimate of drug-likeness (QED) is 0.864. The van der Waals surface area contributed by atoms with E-state index in [-0.39, 0.29) is 0 Å². The van der Waals surface area contributed by atoms with E-state index < -0.39 is 0 Å². The first-order chi connectivity index (χ1) is 8.70. The van der Waals surface area contributed by atoms with Crippen LogP contribution in [0.4, 0.5) is 0 Å². The van der Waals surface area contributed by atoms with E-state index >= 15 is 0 Å². The lowest BCUT2D eigenvalue weighted by molar-refractivity contribution is 0.178. The van der Waals surface area contributed by atoms with E-state index in [2.05, 4.69) is 40.9 Å². The fraction of sp³-hybridized carbons (Fsp3) is 0.643. The Morgan fingerprint density at radius 3 is 2.78 bits per heavy atom. The summed E-state index contributed by atoms with van der Waals surface area (Å²) in [5, 5.41) is 0. The highest BCUT2D eigenvalue weighted by Crippen LogP contribution is 2.15. The standard InChI is InChI=1S/C14H24N4/c1-12-5-8-18(11-14(9-15)17(12)2)10-13-3-6-16-7-4-13/h3-4,6-7,12,14H,5,8-11,15H2,1-2H3. The van der Waals surface area contributed by atoms with Crippen LogP contribution >= 0.6 is 0 Å². The summed E-state index contributed by atoms with van der Waals surface area (Å²) in [6.07, 6.45) is 4.93. The molecule has 2 N–H and O–H groups in total. The van der Waals surface area contributed by atoms with Gasteiger partial charge >= 0.3 is 0 Å². The number of likely N-dealkylation sites (N-methyl/N-ethyl adjacent to an activating group) is 1. The van der Waals surface area contributed by atoms with Crippen molar-refractivity contribution in [1.82, 2.24) is 14.8 Å². The SMILES string of the molecule is CC1CCN(Cc2ccncc2)CC(CN)N1C. The zero-order chi connectivity index (χ0) is 13.0. The van der Waals surface area contributed by atoms with E-state index in [4.69, 9.17) is 5.73 Å². The minimum Gasteiger partial charge on any atom is -0.329 e. The monoisotopic (exact) mass is 248 g/mol. The number of nitrogens with zero attached hydrogens (tertiary/aromatic N) is 3. The highest BCUT2D eigenvalue weighted by atomic mass is 15.2. The number of hydrogen-bond donors (Lipinski definition) is 1. The van der Waals surface area contributed by atoms with Crippen LogP contribution < -0.4 is 5.73 Å². The molecule has 1 saturated heterocycles.